The Labute approximate surface area is 298 Å². The summed E-state index contributed by atoms with van der Waals surface area (Å²) in [5, 5.41) is 7.35. The molecule has 0 nitrogen and oxygen atoms in total. The van der Waals surface area contributed by atoms with Crippen LogP contribution in [-0.4, -0.2) is 11.3 Å². The molecule has 2 fully saturated rings. The number of fused-ring (bicyclic) bond motifs is 2. The van der Waals surface area contributed by atoms with Crippen molar-refractivity contribution in [3.63, 3.8) is 0 Å². The summed E-state index contributed by atoms with van der Waals surface area (Å²) in [7, 11) is -1.08. The molecule has 0 radical (unpaired) electrons. The second-order valence-electron chi connectivity index (χ2n) is 14.4. The van der Waals surface area contributed by atoms with Crippen LogP contribution in [0.25, 0.3) is 32.7 Å². The maximum absolute atomic E-state index is 14.2. The van der Waals surface area contributed by atoms with Gasteiger partial charge in [0, 0.05) is 6.16 Å². The molecule has 0 bridgehead atoms. The first-order valence-corrected chi connectivity index (χ1v) is 21.9. The van der Waals surface area contributed by atoms with E-state index in [4.69, 9.17) is 0 Å². The zero-order valence-electron chi connectivity index (χ0n) is 28.8. The van der Waals surface area contributed by atoms with Gasteiger partial charge >= 0.3 is 0 Å². The van der Waals surface area contributed by atoms with Crippen molar-refractivity contribution in [2.24, 2.45) is 0 Å². The predicted molar refractivity (Wildman–Crippen MR) is 214 cm³/mol. The third-order valence-electron chi connectivity index (χ3n) is 11.3. The maximum atomic E-state index is 14.2. The predicted octanol–water partition coefficient (Wildman–Crippen LogP) is 13.2. The van der Waals surface area contributed by atoms with Crippen molar-refractivity contribution in [1.29, 1.82) is 0 Å². The van der Waals surface area contributed by atoms with Crippen LogP contribution in [0, 0.1) is 11.6 Å². The zero-order chi connectivity index (χ0) is 33.9. The van der Waals surface area contributed by atoms with Crippen molar-refractivity contribution >= 4 is 48.0 Å². The average Bonchev–Trinajstić information content (AvgIpc) is 3.17. The monoisotopic (exact) mass is 698 g/mol. The number of hydrogen-bond acceptors (Lipinski definition) is 0. The van der Waals surface area contributed by atoms with Gasteiger partial charge < -0.3 is 0 Å². The summed E-state index contributed by atoms with van der Waals surface area (Å²) < 4.78 is 28.4. The average molecular weight is 699 g/mol. The van der Waals surface area contributed by atoms with E-state index in [1.54, 1.807) is 24.3 Å². The first kappa shape index (κ1) is 33.7. The van der Waals surface area contributed by atoms with E-state index in [-0.39, 0.29) is 19.6 Å². The van der Waals surface area contributed by atoms with E-state index in [9.17, 15) is 8.78 Å². The highest BCUT2D eigenvalue weighted by atomic mass is 31.1. The van der Waals surface area contributed by atoms with Crippen LogP contribution in [0.2, 0.25) is 0 Å². The fourth-order valence-electron chi connectivity index (χ4n) is 8.81. The molecule has 0 unspecified atom stereocenters. The fraction of sp³-hybridized carbons (Fsp3) is 0.304. The topological polar surface area (TPSA) is 0 Å². The van der Waals surface area contributed by atoms with Gasteiger partial charge in [-0.05, 0) is 130 Å². The summed E-state index contributed by atoms with van der Waals surface area (Å²) in [6.07, 6.45) is 16.0. The Hall–Kier alpha value is -3.44. The molecule has 2 aliphatic rings. The molecule has 2 aliphatic carbocycles. The molecule has 0 aliphatic heterocycles. The van der Waals surface area contributed by atoms with E-state index in [1.807, 2.05) is 24.3 Å². The summed E-state index contributed by atoms with van der Waals surface area (Å²) >= 11 is 0. The van der Waals surface area contributed by atoms with Gasteiger partial charge in [-0.3, -0.25) is 0 Å². The van der Waals surface area contributed by atoms with Gasteiger partial charge in [0.05, 0.1) is 0 Å². The van der Waals surface area contributed by atoms with Crippen LogP contribution in [0.15, 0.2) is 121 Å². The Balaban J connectivity index is 1.32. The van der Waals surface area contributed by atoms with E-state index in [2.05, 4.69) is 72.8 Å². The van der Waals surface area contributed by atoms with Crippen molar-refractivity contribution in [3.05, 3.63) is 144 Å². The summed E-state index contributed by atoms with van der Waals surface area (Å²) in [5.74, 6) is -0.468. The summed E-state index contributed by atoms with van der Waals surface area (Å²) in [6, 6.07) is 41.3. The number of benzene rings is 6. The van der Waals surface area contributed by atoms with Crippen molar-refractivity contribution in [3.8, 4) is 11.1 Å². The van der Waals surface area contributed by atoms with Crippen LogP contribution in [0.4, 0.5) is 8.78 Å². The lowest BCUT2D eigenvalue weighted by molar-refractivity contribution is 0.484. The molecular weight excluding hydrogens is 652 g/mol. The SMILES string of the molecule is Fc1ccc(P(Cc2ccc3ccccc3c2-c2c(CP(C3CCCCC3)C3CCCCC3)ccc3ccccc23)c2ccc(F)cc2)cc1. The quantitative estimate of drug-likeness (QED) is 0.132. The molecule has 2 saturated carbocycles. The van der Waals surface area contributed by atoms with Crippen molar-refractivity contribution in [2.75, 3.05) is 0 Å². The smallest absolute Gasteiger partial charge is 0.123 e. The van der Waals surface area contributed by atoms with E-state index in [1.165, 1.54) is 114 Å². The maximum Gasteiger partial charge on any atom is 0.123 e. The number of rotatable bonds is 9. The Morgan fingerprint density at radius 2 is 0.860 bits per heavy atom. The summed E-state index contributed by atoms with van der Waals surface area (Å²) in [4.78, 5) is 0. The molecule has 6 aromatic carbocycles. The molecule has 50 heavy (non-hydrogen) atoms. The highest BCUT2D eigenvalue weighted by Gasteiger charge is 2.32. The molecule has 6 aromatic rings. The molecule has 254 valence electrons. The summed E-state index contributed by atoms with van der Waals surface area (Å²) in [6.45, 7) is 0. The molecule has 0 atom stereocenters. The van der Waals surface area contributed by atoms with E-state index >= 15 is 0 Å². The van der Waals surface area contributed by atoms with Crippen LogP contribution < -0.4 is 10.6 Å². The Kier molecular flexibility index (Phi) is 10.4. The number of halogens is 2. The van der Waals surface area contributed by atoms with Gasteiger partial charge in [-0.15, -0.1) is 0 Å². The van der Waals surface area contributed by atoms with Gasteiger partial charge in [0.2, 0.25) is 0 Å². The highest BCUT2D eigenvalue weighted by molar-refractivity contribution is 7.72. The van der Waals surface area contributed by atoms with Crippen molar-refractivity contribution < 1.29 is 8.78 Å². The van der Waals surface area contributed by atoms with Crippen LogP contribution in [0.3, 0.4) is 0 Å². The minimum Gasteiger partial charge on any atom is -0.207 e. The molecule has 0 amide bonds. The molecule has 4 heteroatoms. The van der Waals surface area contributed by atoms with Gasteiger partial charge in [0.25, 0.3) is 0 Å². The van der Waals surface area contributed by atoms with Crippen LogP contribution in [-0.2, 0) is 12.3 Å². The standard InChI is InChI=1S/C46H46F2P2/c47-37-23-27-41(28-24-37)50(42-29-25-38(48)26-30-42)32-36-22-20-34-12-8-10-18-44(34)46(36)45-35(21-19-33-11-7-9-17-43(33)45)31-49(39-13-3-1-4-14-39)40-15-5-2-6-16-40/h7-12,17-30,39-40H,1-6,13-16,31-32H2. The minimum absolute atomic E-state index is 0.150. The van der Waals surface area contributed by atoms with Crippen molar-refractivity contribution in [2.45, 2.75) is 87.9 Å². The molecular formula is C46H46F2P2. The molecule has 0 saturated heterocycles. The van der Waals surface area contributed by atoms with Gasteiger partial charge in [0.1, 0.15) is 11.6 Å². The minimum atomic E-state index is -0.933. The van der Waals surface area contributed by atoms with E-state index < -0.39 is 7.92 Å². The van der Waals surface area contributed by atoms with Gasteiger partial charge in [0.15, 0.2) is 0 Å². The van der Waals surface area contributed by atoms with Crippen LogP contribution in [0.5, 0.6) is 0 Å². The normalized spacial score (nSPS) is 16.2. The third-order valence-corrected chi connectivity index (χ3v) is 17.4. The van der Waals surface area contributed by atoms with E-state index in [0.29, 0.717) is 0 Å². The van der Waals surface area contributed by atoms with Crippen LogP contribution >= 0.6 is 15.8 Å². The molecule has 8 rings (SSSR count). The first-order valence-electron chi connectivity index (χ1n) is 18.7. The van der Waals surface area contributed by atoms with Gasteiger partial charge in [-0.2, -0.15) is 0 Å². The lowest BCUT2D eigenvalue weighted by Crippen LogP contribution is -2.21. The zero-order valence-corrected chi connectivity index (χ0v) is 30.6. The molecule has 0 heterocycles. The molecule has 0 N–H and O–H groups in total. The second kappa shape index (κ2) is 15.4. The molecule has 0 aromatic heterocycles. The van der Waals surface area contributed by atoms with Gasteiger partial charge in [-0.25, -0.2) is 8.78 Å². The third kappa shape index (κ3) is 7.17. The second-order valence-corrected chi connectivity index (χ2v) is 19.4. The van der Waals surface area contributed by atoms with Gasteiger partial charge in [-0.1, -0.05) is 144 Å². The Morgan fingerprint density at radius 1 is 0.440 bits per heavy atom. The lowest BCUT2D eigenvalue weighted by Gasteiger charge is -2.39. The van der Waals surface area contributed by atoms with Crippen molar-refractivity contribution in [1.82, 2.24) is 0 Å². The fourth-order valence-corrected chi connectivity index (χ4v) is 14.9. The van der Waals surface area contributed by atoms with E-state index in [0.717, 1.165) is 28.1 Å². The molecule has 0 spiro atoms. The highest BCUT2D eigenvalue weighted by Crippen LogP contribution is 2.59. The number of hydrogen-bond donors (Lipinski definition) is 0. The first-order chi connectivity index (χ1) is 24.6. The lowest BCUT2D eigenvalue weighted by atomic mass is 9.88. The summed E-state index contributed by atoms with van der Waals surface area (Å²) in [5.41, 5.74) is 7.31. The largest absolute Gasteiger partial charge is 0.207 e. The Bertz CT molecular complexity index is 1990. The van der Waals surface area contributed by atoms with Crippen LogP contribution in [0.1, 0.15) is 75.3 Å². The Morgan fingerprint density at radius 3 is 1.32 bits per heavy atom.